The molecule has 0 aliphatic carbocycles. The number of nitrogens with zero attached hydrogens (tertiary/aromatic N) is 1. The van der Waals surface area contributed by atoms with E-state index in [0.29, 0.717) is 10.9 Å². The number of rotatable bonds is 1. The zero-order chi connectivity index (χ0) is 10.8. The minimum absolute atomic E-state index is 0.150. The number of amides is 1. The molecule has 2 heterocycles. The second-order valence-electron chi connectivity index (χ2n) is 3.00. The van der Waals surface area contributed by atoms with Gasteiger partial charge in [0.05, 0.1) is 10.9 Å². The summed E-state index contributed by atoms with van der Waals surface area (Å²) >= 11 is 0. The monoisotopic (exact) mass is 203 g/mol. The van der Waals surface area contributed by atoms with E-state index in [1.54, 1.807) is 6.07 Å². The van der Waals surface area contributed by atoms with Gasteiger partial charge in [-0.2, -0.15) is 0 Å². The van der Waals surface area contributed by atoms with Crippen molar-refractivity contribution in [2.45, 2.75) is 0 Å². The minimum Gasteiger partial charge on any atom is -0.361 e. The van der Waals surface area contributed by atoms with E-state index < -0.39 is 0 Å². The van der Waals surface area contributed by atoms with Gasteiger partial charge >= 0.3 is 0 Å². The Morgan fingerprint density at radius 1 is 1.47 bits per heavy atom. The highest BCUT2D eigenvalue weighted by molar-refractivity contribution is 6.03. The molecular formula is C10H9N3O2. The van der Waals surface area contributed by atoms with Crippen LogP contribution in [0.2, 0.25) is 0 Å². The number of aromatic amines is 1. The first kappa shape index (κ1) is 9.39. The lowest BCUT2D eigenvalue weighted by Gasteiger charge is -2.02. The van der Waals surface area contributed by atoms with Crippen molar-refractivity contribution in [3.05, 3.63) is 40.4 Å². The van der Waals surface area contributed by atoms with E-state index in [0.717, 1.165) is 0 Å². The molecular weight excluding hydrogens is 194 g/mol. The molecule has 0 aliphatic rings. The van der Waals surface area contributed by atoms with Crippen molar-refractivity contribution in [1.82, 2.24) is 15.3 Å². The van der Waals surface area contributed by atoms with Crippen LogP contribution in [0.3, 0.4) is 0 Å². The van der Waals surface area contributed by atoms with Crippen LogP contribution in [0.5, 0.6) is 0 Å². The van der Waals surface area contributed by atoms with Gasteiger partial charge in [0.15, 0.2) is 5.43 Å². The van der Waals surface area contributed by atoms with E-state index in [-0.39, 0.29) is 17.0 Å². The van der Waals surface area contributed by atoms with Gasteiger partial charge in [-0.25, -0.2) is 0 Å². The summed E-state index contributed by atoms with van der Waals surface area (Å²) in [5, 5.41) is 2.77. The summed E-state index contributed by atoms with van der Waals surface area (Å²) < 4.78 is 0. The number of carbonyl (C=O) groups excluding carboxylic acids is 1. The van der Waals surface area contributed by atoms with Gasteiger partial charge < -0.3 is 10.3 Å². The van der Waals surface area contributed by atoms with Gasteiger partial charge in [-0.3, -0.25) is 14.6 Å². The average Bonchev–Trinajstić information content (AvgIpc) is 2.28. The van der Waals surface area contributed by atoms with Gasteiger partial charge in [0, 0.05) is 25.5 Å². The Hall–Kier alpha value is -2.17. The molecule has 0 saturated carbocycles. The van der Waals surface area contributed by atoms with Crippen LogP contribution in [-0.2, 0) is 0 Å². The van der Waals surface area contributed by atoms with Gasteiger partial charge in [0.2, 0.25) is 0 Å². The molecule has 2 aromatic heterocycles. The molecule has 0 bridgehead atoms. The maximum atomic E-state index is 11.6. The smallest absolute Gasteiger partial charge is 0.270 e. The van der Waals surface area contributed by atoms with Crippen molar-refractivity contribution in [2.24, 2.45) is 0 Å². The Morgan fingerprint density at radius 2 is 2.27 bits per heavy atom. The summed E-state index contributed by atoms with van der Waals surface area (Å²) in [4.78, 5) is 29.8. The van der Waals surface area contributed by atoms with E-state index in [9.17, 15) is 9.59 Å². The first-order valence-corrected chi connectivity index (χ1v) is 4.42. The number of pyridine rings is 2. The molecule has 5 nitrogen and oxygen atoms in total. The fourth-order valence-corrected chi connectivity index (χ4v) is 1.41. The fourth-order valence-electron chi connectivity index (χ4n) is 1.41. The summed E-state index contributed by atoms with van der Waals surface area (Å²) in [6.07, 6.45) is 3.03. The van der Waals surface area contributed by atoms with E-state index in [1.807, 2.05) is 0 Å². The second kappa shape index (κ2) is 3.53. The third-order valence-electron chi connectivity index (χ3n) is 2.11. The van der Waals surface area contributed by atoms with E-state index in [1.165, 1.54) is 25.5 Å². The number of nitrogens with one attached hydrogen (secondary N) is 2. The zero-order valence-corrected chi connectivity index (χ0v) is 8.07. The molecule has 0 aromatic carbocycles. The molecule has 0 radical (unpaired) electrons. The Bertz CT molecular complexity index is 569. The third-order valence-corrected chi connectivity index (χ3v) is 2.11. The first-order valence-electron chi connectivity index (χ1n) is 4.42. The summed E-state index contributed by atoms with van der Waals surface area (Å²) in [6.45, 7) is 0. The van der Waals surface area contributed by atoms with Crippen molar-refractivity contribution in [3.63, 3.8) is 0 Å². The highest BCUT2D eigenvalue weighted by Gasteiger charge is 2.12. The van der Waals surface area contributed by atoms with Gasteiger partial charge in [0.1, 0.15) is 5.69 Å². The third kappa shape index (κ3) is 1.48. The molecule has 0 aliphatic heterocycles. The molecule has 1 amide bonds. The number of H-pyrrole nitrogens is 1. The standard InChI is InChI=1S/C10H9N3O2/c1-11-10(15)9-8-6(2-4-13-9)12-5-3-7(8)14/h2-5H,1H3,(H,11,15)(H,12,14). The number of hydrogen-bond donors (Lipinski definition) is 2. The molecule has 5 heteroatoms. The lowest BCUT2D eigenvalue weighted by Crippen LogP contribution is -2.21. The normalized spacial score (nSPS) is 10.2. The largest absolute Gasteiger partial charge is 0.361 e. The van der Waals surface area contributed by atoms with Crippen molar-refractivity contribution < 1.29 is 4.79 Å². The van der Waals surface area contributed by atoms with E-state index >= 15 is 0 Å². The molecule has 76 valence electrons. The summed E-state index contributed by atoms with van der Waals surface area (Å²) in [5.74, 6) is -0.364. The number of fused-ring (bicyclic) bond motifs is 1. The number of carbonyl (C=O) groups is 1. The Morgan fingerprint density at radius 3 is 3.00 bits per heavy atom. The SMILES string of the molecule is CNC(=O)c1nccc2[nH]ccc(=O)c12. The van der Waals surface area contributed by atoms with Crippen LogP contribution in [0.1, 0.15) is 10.5 Å². The highest BCUT2D eigenvalue weighted by Crippen LogP contribution is 2.09. The summed E-state index contributed by atoms with van der Waals surface area (Å²) in [7, 11) is 1.50. The number of hydrogen-bond acceptors (Lipinski definition) is 3. The van der Waals surface area contributed by atoms with Crippen molar-refractivity contribution in [3.8, 4) is 0 Å². The van der Waals surface area contributed by atoms with Gasteiger partial charge in [0.25, 0.3) is 5.91 Å². The lowest BCUT2D eigenvalue weighted by atomic mass is 10.2. The van der Waals surface area contributed by atoms with Crippen LogP contribution < -0.4 is 10.7 Å². The van der Waals surface area contributed by atoms with Crippen LogP contribution in [-0.4, -0.2) is 22.9 Å². The molecule has 2 aromatic rings. The van der Waals surface area contributed by atoms with Gasteiger partial charge in [-0.1, -0.05) is 0 Å². The van der Waals surface area contributed by atoms with Crippen LogP contribution in [0.25, 0.3) is 10.9 Å². The first-order chi connectivity index (χ1) is 7.24. The van der Waals surface area contributed by atoms with E-state index in [2.05, 4.69) is 15.3 Å². The quantitative estimate of drug-likeness (QED) is 0.699. The van der Waals surface area contributed by atoms with Crippen LogP contribution in [0, 0.1) is 0 Å². The molecule has 2 N–H and O–H groups in total. The van der Waals surface area contributed by atoms with Crippen molar-refractivity contribution in [1.29, 1.82) is 0 Å². The maximum absolute atomic E-state index is 11.6. The van der Waals surface area contributed by atoms with Crippen LogP contribution >= 0.6 is 0 Å². The van der Waals surface area contributed by atoms with Gasteiger partial charge in [-0.15, -0.1) is 0 Å². The number of aromatic nitrogens is 2. The lowest BCUT2D eigenvalue weighted by molar-refractivity contribution is 0.0960. The second-order valence-corrected chi connectivity index (χ2v) is 3.00. The molecule has 0 atom stereocenters. The van der Waals surface area contributed by atoms with Gasteiger partial charge in [-0.05, 0) is 6.07 Å². The molecule has 15 heavy (non-hydrogen) atoms. The topological polar surface area (TPSA) is 74.8 Å². The van der Waals surface area contributed by atoms with Crippen LogP contribution in [0.4, 0.5) is 0 Å². The Balaban J connectivity index is 2.86. The average molecular weight is 203 g/mol. The highest BCUT2D eigenvalue weighted by atomic mass is 16.2. The Labute approximate surface area is 85.2 Å². The Kier molecular flexibility index (Phi) is 2.21. The minimum atomic E-state index is -0.364. The van der Waals surface area contributed by atoms with Crippen LogP contribution in [0.15, 0.2) is 29.3 Å². The zero-order valence-electron chi connectivity index (χ0n) is 8.07. The van der Waals surface area contributed by atoms with Crippen molar-refractivity contribution in [2.75, 3.05) is 7.05 Å². The fraction of sp³-hybridized carbons (Fsp3) is 0.100. The van der Waals surface area contributed by atoms with Crippen molar-refractivity contribution >= 4 is 16.8 Å². The maximum Gasteiger partial charge on any atom is 0.270 e. The predicted octanol–water partition coefficient (Wildman–Crippen LogP) is 0.283. The molecule has 0 unspecified atom stereocenters. The summed E-state index contributed by atoms with van der Waals surface area (Å²) in [5.41, 5.74) is 0.545. The molecule has 2 rings (SSSR count). The molecule has 0 spiro atoms. The van der Waals surface area contributed by atoms with E-state index in [4.69, 9.17) is 0 Å². The molecule has 0 fully saturated rings. The predicted molar refractivity (Wildman–Crippen MR) is 55.8 cm³/mol. The summed E-state index contributed by atoms with van der Waals surface area (Å²) in [6, 6.07) is 3.03. The molecule has 0 saturated heterocycles.